The molecule has 112 valence electrons. The summed E-state index contributed by atoms with van der Waals surface area (Å²) < 4.78 is 7.48. The third-order valence-corrected chi connectivity index (χ3v) is 5.83. The van der Waals surface area contributed by atoms with Crippen LogP contribution in [0.15, 0.2) is 12.3 Å². The van der Waals surface area contributed by atoms with E-state index in [1.807, 2.05) is 19.2 Å². The summed E-state index contributed by atoms with van der Waals surface area (Å²) in [7, 11) is -1.03. The Labute approximate surface area is 122 Å². The summed E-state index contributed by atoms with van der Waals surface area (Å²) >= 11 is 0. The molecule has 1 aliphatic carbocycles. The van der Waals surface area contributed by atoms with Crippen LogP contribution in [0.3, 0.4) is 0 Å². The van der Waals surface area contributed by atoms with Crippen molar-refractivity contribution in [3.63, 3.8) is 0 Å². The molecule has 1 aromatic heterocycles. The molecule has 1 atom stereocenters. The van der Waals surface area contributed by atoms with Gasteiger partial charge in [-0.15, -0.1) is 0 Å². The highest BCUT2D eigenvalue weighted by Crippen LogP contribution is 2.36. The van der Waals surface area contributed by atoms with E-state index in [2.05, 4.69) is 24.7 Å². The number of hydrogen-bond donors (Lipinski definition) is 0. The fourth-order valence-corrected chi connectivity index (χ4v) is 3.31. The van der Waals surface area contributed by atoms with Gasteiger partial charge in [-0.3, -0.25) is 4.79 Å². The molecule has 0 saturated heterocycles. The quantitative estimate of drug-likeness (QED) is 0.598. The number of carbonyl (C=O) groups excluding carboxylic acids is 1. The van der Waals surface area contributed by atoms with E-state index in [-0.39, 0.29) is 5.41 Å². The Kier molecular flexibility index (Phi) is 4.49. The largest absolute Gasteiger partial charge is 0.360 e. The summed E-state index contributed by atoms with van der Waals surface area (Å²) in [5, 5.41) is 4.53. The topological polar surface area (TPSA) is 44.1 Å². The van der Waals surface area contributed by atoms with Crippen molar-refractivity contribution in [2.45, 2.75) is 64.0 Å². The average Bonchev–Trinajstić information content (AvgIpc) is 2.93. The smallest absolute Gasteiger partial charge is 0.144 e. The van der Waals surface area contributed by atoms with Crippen LogP contribution in [0.25, 0.3) is 0 Å². The Hall–Kier alpha value is -0.943. The number of hydrogen-bond acceptors (Lipinski definition) is 3. The van der Waals surface area contributed by atoms with Crippen LogP contribution in [0.4, 0.5) is 0 Å². The summed E-state index contributed by atoms with van der Waals surface area (Å²) in [4.78, 5) is 12.0. The molecule has 0 aromatic carbocycles. The maximum absolute atomic E-state index is 12.0. The van der Waals surface area contributed by atoms with E-state index in [1.165, 1.54) is 0 Å². The van der Waals surface area contributed by atoms with Gasteiger partial charge in [-0.1, -0.05) is 19.6 Å². The molecular formula is C15H26N2O2Si. The van der Waals surface area contributed by atoms with Crippen molar-refractivity contribution in [1.82, 2.24) is 9.78 Å². The van der Waals surface area contributed by atoms with Gasteiger partial charge in [0, 0.05) is 27.3 Å². The molecule has 1 fully saturated rings. The lowest BCUT2D eigenvalue weighted by atomic mass is 9.84. The third kappa shape index (κ3) is 3.58. The minimum atomic E-state index is -1.03. The normalized spacial score (nSPS) is 23.5. The number of ketones is 1. The second-order valence-corrected chi connectivity index (χ2v) is 12.8. The first-order chi connectivity index (χ1) is 9.31. The first-order valence-corrected chi connectivity index (χ1v) is 11.2. The van der Waals surface area contributed by atoms with E-state index >= 15 is 0 Å². The van der Waals surface area contributed by atoms with E-state index in [0.717, 1.165) is 31.2 Å². The van der Waals surface area contributed by atoms with Gasteiger partial charge in [-0.2, -0.15) is 5.10 Å². The van der Waals surface area contributed by atoms with E-state index in [9.17, 15) is 4.79 Å². The first kappa shape index (κ1) is 15.4. The van der Waals surface area contributed by atoms with Gasteiger partial charge in [0.1, 0.15) is 12.5 Å². The highest BCUT2D eigenvalue weighted by Gasteiger charge is 2.40. The molecule has 1 unspecified atom stereocenters. The molecule has 2 rings (SSSR count). The third-order valence-electron chi connectivity index (χ3n) is 4.12. The maximum Gasteiger partial charge on any atom is 0.144 e. The summed E-state index contributed by atoms with van der Waals surface area (Å²) in [6.07, 6.45) is 4.50. The van der Waals surface area contributed by atoms with Crippen LogP contribution in [-0.2, 0) is 21.7 Å². The Bertz CT molecular complexity index is 478. The zero-order valence-corrected chi connectivity index (χ0v) is 14.1. The van der Waals surface area contributed by atoms with Crippen LogP contribution >= 0.6 is 0 Å². The van der Waals surface area contributed by atoms with Crippen molar-refractivity contribution < 1.29 is 9.53 Å². The van der Waals surface area contributed by atoms with Crippen LogP contribution in [0.1, 0.15) is 31.9 Å². The summed E-state index contributed by atoms with van der Waals surface area (Å²) in [5.41, 5.74) is 0.526. The maximum atomic E-state index is 12.0. The van der Waals surface area contributed by atoms with Crippen molar-refractivity contribution >= 4 is 13.9 Å². The molecule has 1 saturated carbocycles. The van der Waals surface area contributed by atoms with Gasteiger partial charge in [-0.25, -0.2) is 4.68 Å². The van der Waals surface area contributed by atoms with E-state index in [4.69, 9.17) is 4.74 Å². The number of ether oxygens (including phenoxy) is 1. The van der Waals surface area contributed by atoms with E-state index < -0.39 is 8.07 Å². The van der Waals surface area contributed by atoms with Crippen LogP contribution < -0.4 is 0 Å². The van der Waals surface area contributed by atoms with Gasteiger partial charge < -0.3 is 4.74 Å². The summed E-state index contributed by atoms with van der Waals surface area (Å²) in [5.74, 6) is 0.322. The molecular weight excluding hydrogens is 268 g/mol. The summed E-state index contributed by atoms with van der Waals surface area (Å²) in [6, 6.07) is 3.13. The predicted molar refractivity (Wildman–Crippen MR) is 82.5 cm³/mol. The molecule has 5 heteroatoms. The molecule has 0 aliphatic heterocycles. The first-order valence-electron chi connectivity index (χ1n) is 7.46. The van der Waals surface area contributed by atoms with E-state index in [1.54, 1.807) is 4.68 Å². The monoisotopic (exact) mass is 294 g/mol. The standard InChI is InChI=1S/C15H26N2O2Si/c1-15(8-5-6-14(15)18)13-7-9-17(16-13)12-19-10-11-20(2,3)4/h7,9H,5-6,8,10-12H2,1-4H3. The zero-order chi connectivity index (χ0) is 14.8. The van der Waals surface area contributed by atoms with Gasteiger partial charge >= 0.3 is 0 Å². The Morgan fingerprint density at radius 1 is 1.45 bits per heavy atom. The van der Waals surface area contributed by atoms with Gasteiger partial charge in [-0.05, 0) is 31.9 Å². The summed E-state index contributed by atoms with van der Waals surface area (Å²) in [6.45, 7) is 10.3. The van der Waals surface area contributed by atoms with Gasteiger partial charge in [0.2, 0.25) is 0 Å². The molecule has 1 heterocycles. The van der Waals surface area contributed by atoms with Crippen LogP contribution in [0, 0.1) is 0 Å². The molecule has 4 nitrogen and oxygen atoms in total. The number of aromatic nitrogens is 2. The molecule has 1 aromatic rings. The molecule has 0 amide bonds. The van der Waals surface area contributed by atoms with Gasteiger partial charge in [0.05, 0.1) is 11.1 Å². The molecule has 0 N–H and O–H groups in total. The van der Waals surface area contributed by atoms with Gasteiger partial charge in [0.15, 0.2) is 0 Å². The van der Waals surface area contributed by atoms with Crippen molar-refractivity contribution in [2.24, 2.45) is 0 Å². The number of carbonyl (C=O) groups is 1. The van der Waals surface area contributed by atoms with Gasteiger partial charge in [0.25, 0.3) is 0 Å². The number of rotatable bonds is 6. The Balaban J connectivity index is 1.88. The Morgan fingerprint density at radius 2 is 2.20 bits per heavy atom. The minimum Gasteiger partial charge on any atom is -0.360 e. The predicted octanol–water partition coefficient (Wildman–Crippen LogP) is 3.21. The average molecular weight is 294 g/mol. The molecule has 1 aliphatic rings. The molecule has 0 radical (unpaired) electrons. The SMILES string of the molecule is CC1(c2ccn(COCC[Si](C)(C)C)n2)CCCC1=O. The molecule has 20 heavy (non-hydrogen) atoms. The fraction of sp³-hybridized carbons (Fsp3) is 0.733. The van der Waals surface area contributed by atoms with Crippen molar-refractivity contribution in [2.75, 3.05) is 6.61 Å². The van der Waals surface area contributed by atoms with Crippen LogP contribution in [0.2, 0.25) is 25.7 Å². The van der Waals surface area contributed by atoms with Crippen LogP contribution in [0.5, 0.6) is 0 Å². The lowest BCUT2D eigenvalue weighted by Crippen LogP contribution is -2.27. The highest BCUT2D eigenvalue weighted by molar-refractivity contribution is 6.76. The Morgan fingerprint density at radius 3 is 2.80 bits per heavy atom. The fourth-order valence-electron chi connectivity index (χ4n) is 2.55. The van der Waals surface area contributed by atoms with Crippen molar-refractivity contribution in [3.05, 3.63) is 18.0 Å². The minimum absolute atomic E-state index is 0.322. The van der Waals surface area contributed by atoms with Crippen molar-refractivity contribution in [3.8, 4) is 0 Å². The molecule has 0 spiro atoms. The van der Waals surface area contributed by atoms with Crippen molar-refractivity contribution in [1.29, 1.82) is 0 Å². The lowest BCUT2D eigenvalue weighted by molar-refractivity contribution is -0.121. The second kappa shape index (κ2) is 5.82. The van der Waals surface area contributed by atoms with E-state index in [0.29, 0.717) is 18.9 Å². The van der Waals surface area contributed by atoms with Crippen LogP contribution in [-0.4, -0.2) is 30.2 Å². The second-order valence-electron chi connectivity index (χ2n) is 7.20. The highest BCUT2D eigenvalue weighted by atomic mass is 28.3. The molecule has 0 bridgehead atoms. The number of Topliss-reactive ketones (excluding diaryl/α,β-unsaturated/α-hetero) is 1. The zero-order valence-electron chi connectivity index (χ0n) is 13.1. The number of nitrogens with zero attached hydrogens (tertiary/aromatic N) is 2. The lowest BCUT2D eigenvalue weighted by Gasteiger charge is -2.18.